The monoisotopic (exact) mass is 424 g/mol. The first kappa shape index (κ1) is 20.8. The van der Waals surface area contributed by atoms with Gasteiger partial charge in [0.25, 0.3) is 17.7 Å². The fraction of sp³-hybridized carbons (Fsp3) is 0.409. The Morgan fingerprint density at radius 1 is 1.16 bits per heavy atom. The molecule has 0 atom stereocenters. The highest BCUT2D eigenvalue weighted by Crippen LogP contribution is 2.28. The van der Waals surface area contributed by atoms with Crippen LogP contribution in [0.4, 0.5) is 0 Å². The molecule has 162 valence electrons. The van der Waals surface area contributed by atoms with Crippen LogP contribution in [0.25, 0.3) is 0 Å². The average Bonchev–Trinajstić information content (AvgIpc) is 3.19. The van der Waals surface area contributed by atoms with Crippen molar-refractivity contribution in [2.24, 2.45) is 7.05 Å². The third-order valence-electron chi connectivity index (χ3n) is 5.63. The number of nitrogens with zero attached hydrogens (tertiary/aromatic N) is 4. The molecule has 0 aliphatic carbocycles. The smallest absolute Gasteiger partial charge is 0.356 e. The van der Waals surface area contributed by atoms with E-state index in [1.54, 1.807) is 38.8 Å². The van der Waals surface area contributed by atoms with Gasteiger partial charge in [-0.05, 0) is 39.0 Å². The van der Waals surface area contributed by atoms with E-state index in [1.807, 2.05) is 0 Å². The van der Waals surface area contributed by atoms with Gasteiger partial charge in [0.05, 0.1) is 30.0 Å². The zero-order chi connectivity index (χ0) is 22.4. The predicted molar refractivity (Wildman–Crippen MR) is 110 cm³/mol. The second-order valence-electron chi connectivity index (χ2n) is 7.93. The van der Waals surface area contributed by atoms with E-state index in [1.165, 1.54) is 21.7 Å². The maximum Gasteiger partial charge on any atom is 0.356 e. The van der Waals surface area contributed by atoms with Crippen molar-refractivity contribution < 1.29 is 23.9 Å². The molecule has 0 bridgehead atoms. The minimum Gasteiger partial charge on any atom is -0.461 e. The molecule has 3 amide bonds. The van der Waals surface area contributed by atoms with Crippen molar-refractivity contribution in [2.45, 2.75) is 39.8 Å². The maximum absolute atomic E-state index is 13.2. The summed E-state index contributed by atoms with van der Waals surface area (Å²) in [5, 5.41) is 4.40. The minimum absolute atomic E-state index is 0.220. The normalized spacial score (nSPS) is 15.4. The van der Waals surface area contributed by atoms with Gasteiger partial charge >= 0.3 is 5.97 Å². The van der Waals surface area contributed by atoms with Gasteiger partial charge < -0.3 is 9.64 Å². The molecule has 0 unspecified atom stereocenters. The van der Waals surface area contributed by atoms with Gasteiger partial charge in [-0.15, -0.1) is 0 Å². The summed E-state index contributed by atoms with van der Waals surface area (Å²) >= 11 is 0. The molecule has 3 heterocycles. The number of carbonyl (C=O) groups excluding carboxylic acids is 4. The third-order valence-corrected chi connectivity index (χ3v) is 5.63. The Morgan fingerprint density at radius 3 is 2.55 bits per heavy atom. The molecule has 0 radical (unpaired) electrons. The highest BCUT2D eigenvalue weighted by molar-refractivity contribution is 6.22. The number of imide groups is 1. The maximum atomic E-state index is 13.2. The molecule has 0 spiro atoms. The van der Waals surface area contributed by atoms with Crippen LogP contribution in [-0.4, -0.2) is 62.5 Å². The first-order valence-electron chi connectivity index (χ1n) is 10.3. The van der Waals surface area contributed by atoms with Crippen LogP contribution in [-0.2, 0) is 24.8 Å². The number of hydrogen-bond donors (Lipinski definition) is 0. The molecule has 9 heteroatoms. The number of aromatic nitrogens is 2. The Bertz CT molecular complexity index is 1120. The van der Waals surface area contributed by atoms with Gasteiger partial charge in [0.15, 0.2) is 5.69 Å². The molecule has 0 saturated heterocycles. The second kappa shape index (κ2) is 7.64. The molecule has 1 aromatic heterocycles. The molecule has 4 rings (SSSR count). The molecule has 0 fully saturated rings. The van der Waals surface area contributed by atoms with E-state index < -0.39 is 5.97 Å². The first-order chi connectivity index (χ1) is 14.7. The lowest BCUT2D eigenvalue weighted by atomic mass is 10.0. The van der Waals surface area contributed by atoms with E-state index in [4.69, 9.17) is 4.74 Å². The van der Waals surface area contributed by atoms with Gasteiger partial charge in [-0.3, -0.25) is 24.0 Å². The molecule has 2 aromatic rings. The Kier molecular flexibility index (Phi) is 5.12. The van der Waals surface area contributed by atoms with Gasteiger partial charge in [0, 0.05) is 37.2 Å². The van der Waals surface area contributed by atoms with Crippen molar-refractivity contribution >= 4 is 23.7 Å². The molecule has 2 aliphatic heterocycles. The summed E-state index contributed by atoms with van der Waals surface area (Å²) in [7, 11) is 1.68. The number of benzene rings is 1. The lowest BCUT2D eigenvalue weighted by Gasteiger charge is -2.27. The number of hydrogen-bond acceptors (Lipinski definition) is 6. The van der Waals surface area contributed by atoms with Crippen LogP contribution in [0, 0.1) is 0 Å². The van der Waals surface area contributed by atoms with Gasteiger partial charge in [-0.2, -0.15) is 5.10 Å². The first-order valence-corrected chi connectivity index (χ1v) is 10.3. The lowest BCUT2D eigenvalue weighted by Crippen LogP contribution is -2.36. The quantitative estimate of drug-likeness (QED) is 0.548. The van der Waals surface area contributed by atoms with Crippen LogP contribution >= 0.6 is 0 Å². The predicted octanol–water partition coefficient (Wildman–Crippen LogP) is 1.80. The van der Waals surface area contributed by atoms with Crippen molar-refractivity contribution in [3.05, 3.63) is 51.8 Å². The van der Waals surface area contributed by atoms with E-state index in [2.05, 4.69) is 5.10 Å². The van der Waals surface area contributed by atoms with Crippen LogP contribution < -0.4 is 0 Å². The lowest BCUT2D eigenvalue weighted by molar-refractivity contribution is 0.0506. The van der Waals surface area contributed by atoms with Crippen LogP contribution in [0.1, 0.15) is 73.6 Å². The number of aryl methyl sites for hydroxylation is 1. The summed E-state index contributed by atoms with van der Waals surface area (Å²) in [4.78, 5) is 53.5. The highest BCUT2D eigenvalue weighted by Gasteiger charge is 2.38. The molecule has 31 heavy (non-hydrogen) atoms. The van der Waals surface area contributed by atoms with Crippen LogP contribution in [0.3, 0.4) is 0 Å². The molecule has 2 aliphatic rings. The van der Waals surface area contributed by atoms with E-state index in [0.717, 1.165) is 5.69 Å². The Labute approximate surface area is 179 Å². The SMILES string of the molecule is CCOC(=O)c1c2c(nn1C)CCN(C(=O)c1ccc3c(c1)C(=O)N(C(C)C)C3=O)C2. The Balaban J connectivity index is 1.62. The fourth-order valence-electron chi connectivity index (χ4n) is 4.17. The molecular formula is C22H24N4O5. The molecule has 9 nitrogen and oxygen atoms in total. The minimum atomic E-state index is -0.469. The third kappa shape index (κ3) is 3.30. The van der Waals surface area contributed by atoms with E-state index in [-0.39, 0.29) is 42.5 Å². The van der Waals surface area contributed by atoms with Gasteiger partial charge in [0.1, 0.15) is 0 Å². The standard InChI is InChI=1S/C22H24N4O5/c1-5-31-22(30)18-16-11-25(9-8-17(16)23-24(18)4)19(27)13-6-7-14-15(10-13)21(29)26(12(2)3)20(14)28/h6-7,10,12H,5,8-9,11H2,1-4H3. The Morgan fingerprint density at radius 2 is 1.87 bits per heavy atom. The average molecular weight is 424 g/mol. The van der Waals surface area contributed by atoms with E-state index in [0.29, 0.717) is 35.3 Å². The molecular weight excluding hydrogens is 400 g/mol. The molecule has 1 aromatic carbocycles. The van der Waals surface area contributed by atoms with Crippen LogP contribution in [0.2, 0.25) is 0 Å². The number of rotatable bonds is 4. The van der Waals surface area contributed by atoms with Crippen molar-refractivity contribution in [2.75, 3.05) is 13.2 Å². The van der Waals surface area contributed by atoms with E-state index in [9.17, 15) is 19.2 Å². The zero-order valence-corrected chi connectivity index (χ0v) is 18.0. The number of esters is 1. The van der Waals surface area contributed by atoms with Crippen LogP contribution in [0.15, 0.2) is 18.2 Å². The number of ether oxygens (including phenoxy) is 1. The van der Waals surface area contributed by atoms with Crippen molar-refractivity contribution in [3.63, 3.8) is 0 Å². The van der Waals surface area contributed by atoms with Crippen LogP contribution in [0.5, 0.6) is 0 Å². The Hall–Kier alpha value is -3.49. The molecule has 0 saturated carbocycles. The highest BCUT2D eigenvalue weighted by atomic mass is 16.5. The summed E-state index contributed by atoms with van der Waals surface area (Å²) in [6.07, 6.45) is 0.512. The number of fused-ring (bicyclic) bond motifs is 2. The summed E-state index contributed by atoms with van der Waals surface area (Å²) in [6, 6.07) is 4.33. The largest absolute Gasteiger partial charge is 0.461 e. The van der Waals surface area contributed by atoms with Gasteiger partial charge in [-0.25, -0.2) is 4.79 Å². The van der Waals surface area contributed by atoms with Crippen molar-refractivity contribution in [1.29, 1.82) is 0 Å². The fourth-order valence-corrected chi connectivity index (χ4v) is 4.17. The van der Waals surface area contributed by atoms with E-state index >= 15 is 0 Å². The summed E-state index contributed by atoms with van der Waals surface area (Å²) < 4.78 is 6.63. The van der Waals surface area contributed by atoms with Crippen molar-refractivity contribution in [3.8, 4) is 0 Å². The zero-order valence-electron chi connectivity index (χ0n) is 18.0. The summed E-state index contributed by atoms with van der Waals surface area (Å²) in [5.41, 5.74) is 2.69. The topological polar surface area (TPSA) is 102 Å². The number of carbonyl (C=O) groups is 4. The summed E-state index contributed by atoms with van der Waals surface area (Å²) in [5.74, 6) is -1.47. The molecule has 0 N–H and O–H groups in total. The van der Waals surface area contributed by atoms with Gasteiger partial charge in [0.2, 0.25) is 0 Å². The number of amides is 3. The van der Waals surface area contributed by atoms with Gasteiger partial charge in [-0.1, -0.05) is 0 Å². The van der Waals surface area contributed by atoms with Crippen molar-refractivity contribution in [1.82, 2.24) is 19.6 Å². The summed E-state index contributed by atoms with van der Waals surface area (Å²) in [6.45, 7) is 6.18. The second-order valence-corrected chi connectivity index (χ2v) is 7.93.